The van der Waals surface area contributed by atoms with Crippen molar-refractivity contribution in [1.82, 2.24) is 0 Å². The van der Waals surface area contributed by atoms with E-state index in [-0.39, 0.29) is 11.6 Å². The predicted molar refractivity (Wildman–Crippen MR) is 69.5 cm³/mol. The summed E-state index contributed by atoms with van der Waals surface area (Å²) < 4.78 is 26.6. The molecule has 0 fully saturated rings. The second kappa shape index (κ2) is 4.77. The van der Waals surface area contributed by atoms with Gasteiger partial charge >= 0.3 is 0 Å². The van der Waals surface area contributed by atoms with Crippen LogP contribution in [0.25, 0.3) is 0 Å². The Hall–Kier alpha value is -1.90. The molecule has 0 aliphatic carbocycles. The molecule has 0 heterocycles. The largest absolute Gasteiger partial charge is 0.398 e. The number of halogens is 2. The lowest BCUT2D eigenvalue weighted by molar-refractivity contribution is 0.623. The molecule has 3 heteroatoms. The summed E-state index contributed by atoms with van der Waals surface area (Å²) in [5.74, 6) is -0.631. The molecule has 0 unspecified atom stereocenters. The molecular formula is C15H15F2N. The topological polar surface area (TPSA) is 26.0 Å². The van der Waals surface area contributed by atoms with Crippen molar-refractivity contribution in [3.05, 3.63) is 64.2 Å². The Morgan fingerprint density at radius 1 is 0.944 bits per heavy atom. The van der Waals surface area contributed by atoms with Crippen LogP contribution >= 0.6 is 0 Å². The van der Waals surface area contributed by atoms with Crippen LogP contribution in [0, 0.1) is 25.5 Å². The van der Waals surface area contributed by atoms with Crippen molar-refractivity contribution in [2.45, 2.75) is 20.3 Å². The van der Waals surface area contributed by atoms with Crippen LogP contribution in [0.15, 0.2) is 30.3 Å². The Morgan fingerprint density at radius 2 is 1.61 bits per heavy atom. The number of benzene rings is 2. The molecule has 2 rings (SSSR count). The maximum Gasteiger partial charge on any atom is 0.125 e. The molecule has 0 bridgehead atoms. The standard InChI is InChI=1S/C15H15F2N/c1-9-3-11(6-13(16)4-9)5-12-7-14(17)8-15(18)10(12)2/h3-4,6-8H,5,18H2,1-2H3. The normalized spacial score (nSPS) is 10.7. The minimum absolute atomic E-state index is 0.271. The molecule has 18 heavy (non-hydrogen) atoms. The number of nitrogen functional groups attached to an aromatic ring is 1. The molecule has 0 aliphatic heterocycles. The molecule has 0 spiro atoms. The Bertz CT molecular complexity index is 571. The summed E-state index contributed by atoms with van der Waals surface area (Å²) in [7, 11) is 0. The van der Waals surface area contributed by atoms with Crippen LogP contribution in [-0.4, -0.2) is 0 Å². The van der Waals surface area contributed by atoms with Crippen molar-refractivity contribution >= 4 is 5.69 Å². The summed E-state index contributed by atoms with van der Waals surface area (Å²) in [5.41, 5.74) is 9.46. The molecule has 0 atom stereocenters. The quantitative estimate of drug-likeness (QED) is 0.803. The first-order chi connectivity index (χ1) is 8.45. The van der Waals surface area contributed by atoms with Crippen molar-refractivity contribution in [1.29, 1.82) is 0 Å². The third-order valence-electron chi connectivity index (χ3n) is 3.02. The van der Waals surface area contributed by atoms with Crippen LogP contribution in [0.3, 0.4) is 0 Å². The van der Waals surface area contributed by atoms with Crippen molar-refractivity contribution < 1.29 is 8.78 Å². The van der Waals surface area contributed by atoms with E-state index in [9.17, 15) is 8.78 Å². The van der Waals surface area contributed by atoms with Crippen molar-refractivity contribution in [3.63, 3.8) is 0 Å². The van der Waals surface area contributed by atoms with Gasteiger partial charge in [-0.2, -0.15) is 0 Å². The first-order valence-corrected chi connectivity index (χ1v) is 5.76. The molecule has 0 radical (unpaired) electrons. The summed E-state index contributed by atoms with van der Waals surface area (Å²) in [6.45, 7) is 3.68. The first-order valence-electron chi connectivity index (χ1n) is 5.76. The number of nitrogens with two attached hydrogens (primary N) is 1. The molecule has 0 amide bonds. The molecule has 2 aromatic carbocycles. The van der Waals surface area contributed by atoms with E-state index < -0.39 is 0 Å². The zero-order valence-corrected chi connectivity index (χ0v) is 10.4. The van der Waals surface area contributed by atoms with Gasteiger partial charge in [0.05, 0.1) is 0 Å². The highest BCUT2D eigenvalue weighted by atomic mass is 19.1. The van der Waals surface area contributed by atoms with Gasteiger partial charge in [0.1, 0.15) is 11.6 Å². The monoisotopic (exact) mass is 247 g/mol. The molecule has 2 aromatic rings. The third-order valence-corrected chi connectivity index (χ3v) is 3.02. The lowest BCUT2D eigenvalue weighted by atomic mass is 9.98. The van der Waals surface area contributed by atoms with Gasteiger partial charge < -0.3 is 5.73 Å². The fourth-order valence-electron chi connectivity index (χ4n) is 2.08. The van der Waals surface area contributed by atoms with Gasteiger partial charge in [0.15, 0.2) is 0 Å². The smallest absolute Gasteiger partial charge is 0.125 e. The second-order valence-electron chi connectivity index (χ2n) is 4.59. The number of hydrogen-bond acceptors (Lipinski definition) is 1. The van der Waals surface area contributed by atoms with Gasteiger partial charge in [-0.15, -0.1) is 0 Å². The molecule has 0 saturated heterocycles. The Morgan fingerprint density at radius 3 is 2.28 bits per heavy atom. The number of aryl methyl sites for hydroxylation is 1. The minimum Gasteiger partial charge on any atom is -0.398 e. The molecular weight excluding hydrogens is 232 g/mol. The fourth-order valence-corrected chi connectivity index (χ4v) is 2.08. The SMILES string of the molecule is Cc1cc(F)cc(Cc2cc(F)cc(N)c2C)c1. The number of anilines is 1. The van der Waals surface area contributed by atoms with E-state index in [0.29, 0.717) is 12.1 Å². The summed E-state index contributed by atoms with van der Waals surface area (Å²) >= 11 is 0. The second-order valence-corrected chi connectivity index (χ2v) is 4.59. The molecule has 0 aromatic heterocycles. The van der Waals surface area contributed by atoms with Crippen molar-refractivity contribution in [2.24, 2.45) is 0 Å². The third kappa shape index (κ3) is 2.67. The lowest BCUT2D eigenvalue weighted by Gasteiger charge is -2.10. The number of hydrogen-bond donors (Lipinski definition) is 1. The predicted octanol–water partition coefficient (Wildman–Crippen LogP) is 3.75. The summed E-state index contributed by atoms with van der Waals surface area (Å²) in [6, 6.07) is 7.58. The van der Waals surface area contributed by atoms with Crippen molar-refractivity contribution in [2.75, 3.05) is 5.73 Å². The van der Waals surface area contributed by atoms with Gasteiger partial charge in [-0.25, -0.2) is 8.78 Å². The zero-order valence-electron chi connectivity index (χ0n) is 10.4. The lowest BCUT2D eigenvalue weighted by Crippen LogP contribution is -1.99. The van der Waals surface area contributed by atoms with Crippen LogP contribution in [-0.2, 0) is 6.42 Å². The molecule has 2 N–H and O–H groups in total. The molecule has 94 valence electrons. The molecule has 0 saturated carbocycles. The van der Waals surface area contributed by atoms with Gasteiger partial charge in [-0.05, 0) is 66.8 Å². The summed E-state index contributed by atoms with van der Waals surface area (Å²) in [6.07, 6.45) is 0.479. The highest BCUT2D eigenvalue weighted by molar-refractivity contribution is 5.51. The van der Waals surface area contributed by atoms with E-state index in [1.54, 1.807) is 0 Å². The fraction of sp³-hybridized carbons (Fsp3) is 0.200. The van der Waals surface area contributed by atoms with E-state index in [2.05, 4.69) is 0 Å². The van der Waals surface area contributed by atoms with Crippen LogP contribution in [0.5, 0.6) is 0 Å². The Balaban J connectivity index is 2.39. The van der Waals surface area contributed by atoms with Gasteiger partial charge in [-0.3, -0.25) is 0 Å². The van der Waals surface area contributed by atoms with E-state index in [4.69, 9.17) is 5.73 Å². The molecule has 0 aliphatic rings. The van der Waals surface area contributed by atoms with E-state index in [1.807, 2.05) is 19.9 Å². The van der Waals surface area contributed by atoms with E-state index in [1.165, 1.54) is 24.3 Å². The van der Waals surface area contributed by atoms with Crippen LogP contribution in [0.2, 0.25) is 0 Å². The number of rotatable bonds is 2. The zero-order chi connectivity index (χ0) is 13.3. The van der Waals surface area contributed by atoms with Crippen LogP contribution in [0.4, 0.5) is 14.5 Å². The van der Waals surface area contributed by atoms with Crippen LogP contribution in [0.1, 0.15) is 22.3 Å². The van der Waals surface area contributed by atoms with Gasteiger partial charge in [0.2, 0.25) is 0 Å². The average molecular weight is 247 g/mol. The van der Waals surface area contributed by atoms with Gasteiger partial charge in [0.25, 0.3) is 0 Å². The van der Waals surface area contributed by atoms with E-state index >= 15 is 0 Å². The maximum atomic E-state index is 13.3. The minimum atomic E-state index is -0.360. The Labute approximate surface area is 105 Å². The highest BCUT2D eigenvalue weighted by Gasteiger charge is 2.07. The van der Waals surface area contributed by atoms with Gasteiger partial charge in [0, 0.05) is 5.69 Å². The maximum absolute atomic E-state index is 13.3. The summed E-state index contributed by atoms with van der Waals surface area (Å²) in [5, 5.41) is 0. The first kappa shape index (κ1) is 12.6. The van der Waals surface area contributed by atoms with Crippen molar-refractivity contribution in [3.8, 4) is 0 Å². The summed E-state index contributed by atoms with van der Waals surface area (Å²) in [4.78, 5) is 0. The van der Waals surface area contributed by atoms with Crippen LogP contribution < -0.4 is 5.73 Å². The van der Waals surface area contributed by atoms with E-state index in [0.717, 1.165) is 22.3 Å². The molecule has 1 nitrogen and oxygen atoms in total. The Kier molecular flexibility index (Phi) is 3.32. The highest BCUT2D eigenvalue weighted by Crippen LogP contribution is 2.22. The van der Waals surface area contributed by atoms with Gasteiger partial charge in [-0.1, -0.05) is 6.07 Å². The average Bonchev–Trinajstić information content (AvgIpc) is 2.23.